The summed E-state index contributed by atoms with van der Waals surface area (Å²) in [6.07, 6.45) is 2.66. The highest BCUT2D eigenvalue weighted by atomic mass is 35.5. The van der Waals surface area contributed by atoms with Crippen LogP contribution in [0.3, 0.4) is 0 Å². The molecule has 0 radical (unpaired) electrons. The van der Waals surface area contributed by atoms with Crippen LogP contribution in [0.15, 0.2) is 22.8 Å². The van der Waals surface area contributed by atoms with E-state index >= 15 is 0 Å². The molecule has 1 N–H and O–H groups in total. The van der Waals surface area contributed by atoms with E-state index < -0.39 is 11.0 Å². The van der Waals surface area contributed by atoms with Crippen LogP contribution < -0.4 is 0 Å². The van der Waals surface area contributed by atoms with Crippen LogP contribution in [0.1, 0.15) is 6.42 Å². The second-order valence-electron chi connectivity index (χ2n) is 2.64. The molecule has 0 aromatic heterocycles. The number of carbonyl (C=O) groups excluding carboxylic acids is 1. The van der Waals surface area contributed by atoms with Crippen molar-refractivity contribution in [2.24, 2.45) is 0 Å². The van der Waals surface area contributed by atoms with Crippen LogP contribution in [0.25, 0.3) is 0 Å². The Balaban J connectivity index is 2.91. The summed E-state index contributed by atoms with van der Waals surface area (Å²) in [6.45, 7) is 0. The molecule has 1 aliphatic carbocycles. The van der Waals surface area contributed by atoms with E-state index in [0.717, 1.165) is 0 Å². The highest BCUT2D eigenvalue weighted by Crippen LogP contribution is 2.32. The standard InChI is InChI=1S/C8H8Cl2O3/c1-13-7(11)5-2-3-8(10,12)4-6(5)9/h2-3,12H,4H2,1H3. The van der Waals surface area contributed by atoms with E-state index in [0.29, 0.717) is 0 Å². The minimum atomic E-state index is -1.49. The first-order chi connectivity index (χ1) is 5.96. The Morgan fingerprint density at radius 3 is 2.85 bits per heavy atom. The average molecular weight is 223 g/mol. The van der Waals surface area contributed by atoms with Crippen molar-refractivity contribution in [3.05, 3.63) is 22.8 Å². The van der Waals surface area contributed by atoms with Crippen molar-refractivity contribution in [3.8, 4) is 0 Å². The van der Waals surface area contributed by atoms with Gasteiger partial charge in [0, 0.05) is 11.5 Å². The van der Waals surface area contributed by atoms with Gasteiger partial charge in [-0.1, -0.05) is 23.2 Å². The lowest BCUT2D eigenvalue weighted by molar-refractivity contribution is -0.135. The molecule has 0 fully saturated rings. The van der Waals surface area contributed by atoms with Gasteiger partial charge in [0.1, 0.15) is 0 Å². The average Bonchev–Trinajstić information content (AvgIpc) is 2.01. The number of hydrogen-bond donors (Lipinski definition) is 1. The lowest BCUT2D eigenvalue weighted by Gasteiger charge is -2.20. The Bertz CT molecular complexity index is 292. The highest BCUT2D eigenvalue weighted by Gasteiger charge is 2.28. The summed E-state index contributed by atoms with van der Waals surface area (Å²) in [4.78, 5) is 11.0. The normalized spacial score (nSPS) is 27.7. The van der Waals surface area contributed by atoms with Gasteiger partial charge in [-0.15, -0.1) is 0 Å². The zero-order valence-corrected chi connectivity index (χ0v) is 8.39. The van der Waals surface area contributed by atoms with Crippen molar-refractivity contribution in [2.45, 2.75) is 11.5 Å². The van der Waals surface area contributed by atoms with Gasteiger partial charge in [0.25, 0.3) is 0 Å². The number of aliphatic hydroxyl groups is 1. The molecule has 72 valence electrons. The third-order valence-corrected chi connectivity index (χ3v) is 2.20. The van der Waals surface area contributed by atoms with Crippen molar-refractivity contribution in [1.82, 2.24) is 0 Å². The number of carbonyl (C=O) groups is 1. The summed E-state index contributed by atoms with van der Waals surface area (Å²) in [6, 6.07) is 0. The van der Waals surface area contributed by atoms with Crippen LogP contribution in [0, 0.1) is 0 Å². The minimum absolute atomic E-state index is 0.0110. The molecule has 5 heteroatoms. The number of ether oxygens (including phenoxy) is 1. The van der Waals surface area contributed by atoms with Crippen LogP contribution in [-0.4, -0.2) is 23.2 Å². The second kappa shape index (κ2) is 3.70. The maximum absolute atomic E-state index is 11.0. The Morgan fingerprint density at radius 2 is 2.38 bits per heavy atom. The molecule has 0 spiro atoms. The van der Waals surface area contributed by atoms with Crippen molar-refractivity contribution in [1.29, 1.82) is 0 Å². The number of methoxy groups -OCH3 is 1. The van der Waals surface area contributed by atoms with Crippen LogP contribution in [0.2, 0.25) is 0 Å². The first-order valence-electron chi connectivity index (χ1n) is 3.54. The van der Waals surface area contributed by atoms with Gasteiger partial charge < -0.3 is 9.84 Å². The Labute approximate surface area is 85.6 Å². The lowest BCUT2D eigenvalue weighted by atomic mass is 10.0. The van der Waals surface area contributed by atoms with Crippen LogP contribution in [-0.2, 0) is 9.53 Å². The van der Waals surface area contributed by atoms with E-state index in [-0.39, 0.29) is 17.0 Å². The van der Waals surface area contributed by atoms with Gasteiger partial charge in [-0.05, 0) is 12.2 Å². The van der Waals surface area contributed by atoms with E-state index in [1.54, 1.807) is 0 Å². The molecule has 13 heavy (non-hydrogen) atoms. The molecule has 0 aromatic carbocycles. The van der Waals surface area contributed by atoms with Crippen molar-refractivity contribution in [2.75, 3.05) is 7.11 Å². The van der Waals surface area contributed by atoms with E-state index in [1.807, 2.05) is 0 Å². The summed E-state index contributed by atoms with van der Waals surface area (Å²) >= 11 is 11.3. The van der Waals surface area contributed by atoms with Gasteiger partial charge in [-0.3, -0.25) is 0 Å². The van der Waals surface area contributed by atoms with E-state index in [4.69, 9.17) is 23.2 Å². The molecule has 0 amide bonds. The lowest BCUT2D eigenvalue weighted by Crippen LogP contribution is -2.22. The van der Waals surface area contributed by atoms with Crippen LogP contribution in [0.5, 0.6) is 0 Å². The molecule has 0 aliphatic heterocycles. The fourth-order valence-electron chi connectivity index (χ4n) is 0.962. The zero-order valence-electron chi connectivity index (χ0n) is 6.88. The minimum Gasteiger partial charge on any atom is -0.465 e. The Morgan fingerprint density at radius 1 is 1.77 bits per heavy atom. The third kappa shape index (κ3) is 2.46. The Kier molecular flexibility index (Phi) is 3.01. The smallest absolute Gasteiger partial charge is 0.339 e. The summed E-state index contributed by atoms with van der Waals surface area (Å²) < 4.78 is 4.47. The molecule has 1 atom stereocenters. The topological polar surface area (TPSA) is 46.5 Å². The predicted molar refractivity (Wildman–Crippen MR) is 49.5 cm³/mol. The number of hydrogen-bond acceptors (Lipinski definition) is 3. The molecule has 1 unspecified atom stereocenters. The highest BCUT2D eigenvalue weighted by molar-refractivity contribution is 6.34. The quantitative estimate of drug-likeness (QED) is 0.541. The van der Waals surface area contributed by atoms with Crippen molar-refractivity contribution in [3.63, 3.8) is 0 Å². The van der Waals surface area contributed by atoms with Crippen LogP contribution >= 0.6 is 23.2 Å². The van der Waals surface area contributed by atoms with Gasteiger partial charge in [-0.2, -0.15) is 0 Å². The van der Waals surface area contributed by atoms with Gasteiger partial charge in [0.15, 0.2) is 5.06 Å². The Hall–Kier alpha value is -0.510. The van der Waals surface area contributed by atoms with Crippen molar-refractivity contribution < 1.29 is 14.6 Å². The first-order valence-corrected chi connectivity index (χ1v) is 4.29. The molecule has 0 aromatic rings. The van der Waals surface area contributed by atoms with Gasteiger partial charge in [-0.25, -0.2) is 4.79 Å². The number of rotatable bonds is 1. The fourth-order valence-corrected chi connectivity index (χ4v) is 1.57. The molecule has 1 rings (SSSR count). The molecule has 0 saturated carbocycles. The van der Waals surface area contributed by atoms with Gasteiger partial charge >= 0.3 is 5.97 Å². The summed E-state index contributed by atoms with van der Waals surface area (Å²) in [5, 5.41) is 8.03. The fraction of sp³-hybridized carbons (Fsp3) is 0.375. The summed E-state index contributed by atoms with van der Waals surface area (Å²) in [7, 11) is 1.26. The largest absolute Gasteiger partial charge is 0.465 e. The zero-order chi connectivity index (χ0) is 10.1. The molecule has 0 heterocycles. The van der Waals surface area contributed by atoms with Gasteiger partial charge in [0.05, 0.1) is 12.7 Å². The first kappa shape index (κ1) is 10.6. The molecule has 0 bridgehead atoms. The van der Waals surface area contributed by atoms with E-state index in [2.05, 4.69) is 4.74 Å². The third-order valence-electron chi connectivity index (χ3n) is 1.61. The maximum Gasteiger partial charge on any atom is 0.339 e. The van der Waals surface area contributed by atoms with E-state index in [1.165, 1.54) is 19.3 Å². The monoisotopic (exact) mass is 222 g/mol. The summed E-state index contributed by atoms with van der Waals surface area (Å²) in [5.74, 6) is -0.534. The van der Waals surface area contributed by atoms with Gasteiger partial charge in [0.2, 0.25) is 0 Å². The molecular weight excluding hydrogens is 215 g/mol. The predicted octanol–water partition coefficient (Wildman–Crippen LogP) is 1.54. The van der Waals surface area contributed by atoms with E-state index in [9.17, 15) is 9.90 Å². The molecule has 3 nitrogen and oxygen atoms in total. The van der Waals surface area contributed by atoms with Crippen LogP contribution in [0.4, 0.5) is 0 Å². The molecule has 0 saturated heterocycles. The number of alkyl halides is 1. The summed E-state index contributed by atoms with van der Waals surface area (Å²) in [5.41, 5.74) is 0.231. The SMILES string of the molecule is COC(=O)C1=C(Cl)CC(O)(Cl)C=C1. The second-order valence-corrected chi connectivity index (χ2v) is 3.75. The number of esters is 1. The van der Waals surface area contributed by atoms with Crippen molar-refractivity contribution >= 4 is 29.2 Å². The number of halogens is 2. The molecule has 1 aliphatic rings. The molecular formula is C8H8Cl2O3. The maximum atomic E-state index is 11.0.